The van der Waals surface area contributed by atoms with Crippen LogP contribution in [0.3, 0.4) is 0 Å². The monoisotopic (exact) mass is 404 g/mol. The number of hydrogen-bond acceptors (Lipinski definition) is 1. The van der Waals surface area contributed by atoms with Gasteiger partial charge in [0.2, 0.25) is 0 Å². The second-order valence-corrected chi connectivity index (χ2v) is 12.2. The van der Waals surface area contributed by atoms with E-state index in [-0.39, 0.29) is 15.8 Å². The molecule has 0 bridgehead atoms. The molecule has 4 rings (SSSR count). The highest BCUT2D eigenvalue weighted by Gasteiger charge is 2.24. The minimum atomic E-state index is -0.628. The van der Waals surface area contributed by atoms with Crippen LogP contribution in [-0.4, -0.2) is 31.8 Å². The fraction of sp³-hybridized carbons (Fsp3) is 0.200. The smallest absolute Gasteiger partial charge is 0.106 e. The van der Waals surface area contributed by atoms with Crippen LogP contribution in [0.4, 0.5) is 0 Å². The summed E-state index contributed by atoms with van der Waals surface area (Å²) in [6, 6.07) is 25.7. The van der Waals surface area contributed by atoms with Crippen LogP contribution in [0.2, 0.25) is 0 Å². The van der Waals surface area contributed by atoms with E-state index in [9.17, 15) is 5.11 Å². The zero-order valence-electron chi connectivity index (χ0n) is 16.8. The summed E-state index contributed by atoms with van der Waals surface area (Å²) in [6.45, 7) is 9.08. The minimum absolute atomic E-state index is 0.335. The van der Waals surface area contributed by atoms with Crippen molar-refractivity contribution in [1.29, 1.82) is 0 Å². The summed E-state index contributed by atoms with van der Waals surface area (Å²) in [5.41, 5.74) is 2.17. The van der Waals surface area contributed by atoms with Gasteiger partial charge in [0.05, 0.1) is 0 Å². The van der Waals surface area contributed by atoms with Gasteiger partial charge in [-0.15, -0.1) is 0 Å². The molecule has 0 spiro atoms. The quantitative estimate of drug-likeness (QED) is 0.426. The van der Waals surface area contributed by atoms with Gasteiger partial charge in [0.25, 0.3) is 0 Å². The summed E-state index contributed by atoms with van der Waals surface area (Å²) in [5, 5.41) is 19.2. The van der Waals surface area contributed by atoms with Crippen molar-refractivity contribution in [2.24, 2.45) is 0 Å². The van der Waals surface area contributed by atoms with Crippen molar-refractivity contribution in [3.63, 3.8) is 0 Å². The molecule has 4 aromatic carbocycles. The van der Waals surface area contributed by atoms with E-state index >= 15 is 0 Å². The third-order valence-corrected chi connectivity index (χ3v) is 8.11. The Morgan fingerprint density at radius 3 is 1.36 bits per heavy atom. The molecule has 4 aromatic rings. The number of fused-ring (bicyclic) bond motifs is 2. The van der Waals surface area contributed by atoms with Crippen molar-refractivity contribution in [3.05, 3.63) is 83.9 Å². The van der Waals surface area contributed by atoms with Crippen LogP contribution in [0.25, 0.3) is 21.5 Å². The van der Waals surface area contributed by atoms with E-state index in [0.717, 1.165) is 11.1 Å². The van der Waals surface area contributed by atoms with E-state index in [1.807, 2.05) is 0 Å². The third-order valence-electron chi connectivity index (χ3n) is 5.41. The molecule has 0 saturated heterocycles. The summed E-state index contributed by atoms with van der Waals surface area (Å²) in [4.78, 5) is 0. The zero-order chi connectivity index (χ0) is 19.8. The van der Waals surface area contributed by atoms with Gasteiger partial charge in [-0.05, 0) is 58.8 Å². The Labute approximate surface area is 169 Å². The highest BCUT2D eigenvalue weighted by atomic mass is 31.1. The van der Waals surface area contributed by atoms with Gasteiger partial charge in [0.1, 0.15) is 6.10 Å². The lowest BCUT2D eigenvalue weighted by molar-refractivity contribution is 0.225. The standard InChI is InChI=1S/C25H26OP2/c1-27(2)21-15-13-17-9-5-7-11-19(17)23(21)25(26)24-20-12-8-6-10-18(20)14-16-22(24)28(3)4/h5-16,25-26H,1-4H3. The summed E-state index contributed by atoms with van der Waals surface area (Å²) in [7, 11) is -0.671. The normalized spacial score (nSPS) is 12.0. The van der Waals surface area contributed by atoms with Crippen molar-refractivity contribution in [1.82, 2.24) is 0 Å². The average Bonchev–Trinajstić information content (AvgIpc) is 2.71. The first-order valence-electron chi connectivity index (χ1n) is 9.55. The highest BCUT2D eigenvalue weighted by molar-refractivity contribution is 7.64. The third kappa shape index (κ3) is 3.37. The molecule has 0 amide bonds. The number of benzene rings is 4. The Morgan fingerprint density at radius 2 is 0.964 bits per heavy atom. The molecule has 0 aliphatic heterocycles. The second kappa shape index (κ2) is 7.92. The van der Waals surface area contributed by atoms with Crippen LogP contribution in [0, 0.1) is 0 Å². The zero-order valence-corrected chi connectivity index (χ0v) is 18.6. The molecule has 0 unspecified atom stereocenters. The topological polar surface area (TPSA) is 20.2 Å². The number of rotatable bonds is 4. The van der Waals surface area contributed by atoms with Gasteiger partial charge in [0.15, 0.2) is 0 Å². The molecule has 1 nitrogen and oxygen atoms in total. The lowest BCUT2D eigenvalue weighted by atomic mass is 9.92. The van der Waals surface area contributed by atoms with E-state index in [0.29, 0.717) is 0 Å². The fourth-order valence-corrected chi connectivity index (χ4v) is 6.26. The van der Waals surface area contributed by atoms with E-state index in [2.05, 4.69) is 99.5 Å². The maximum atomic E-state index is 11.9. The SMILES string of the molecule is CP(C)c1ccc2ccccc2c1C(O)c1c(P(C)C)ccc2ccccc12. The molecular weight excluding hydrogens is 378 g/mol. The average molecular weight is 404 g/mol. The van der Waals surface area contributed by atoms with Crippen LogP contribution in [-0.2, 0) is 0 Å². The van der Waals surface area contributed by atoms with Gasteiger partial charge >= 0.3 is 0 Å². The molecule has 0 aromatic heterocycles. The van der Waals surface area contributed by atoms with Crippen molar-refractivity contribution in [2.45, 2.75) is 6.10 Å². The predicted octanol–water partition coefficient (Wildman–Crippen LogP) is 5.81. The largest absolute Gasteiger partial charge is 0.384 e. The number of aliphatic hydroxyl groups is 1. The Morgan fingerprint density at radius 1 is 0.571 bits per heavy atom. The Hall–Kier alpha value is -1.78. The van der Waals surface area contributed by atoms with Gasteiger partial charge in [-0.2, -0.15) is 0 Å². The number of hydrogen-bond donors (Lipinski definition) is 1. The first-order valence-corrected chi connectivity index (χ1v) is 14.0. The van der Waals surface area contributed by atoms with Crippen LogP contribution in [0.5, 0.6) is 0 Å². The highest BCUT2D eigenvalue weighted by Crippen LogP contribution is 2.39. The van der Waals surface area contributed by atoms with Crippen molar-refractivity contribution < 1.29 is 5.11 Å². The second-order valence-electron chi connectivity index (χ2n) is 7.63. The summed E-state index contributed by atoms with van der Waals surface area (Å²) < 4.78 is 0. The number of aliphatic hydroxyl groups excluding tert-OH is 1. The molecule has 0 radical (unpaired) electrons. The van der Waals surface area contributed by atoms with Gasteiger partial charge in [-0.25, -0.2) is 0 Å². The van der Waals surface area contributed by atoms with Crippen molar-refractivity contribution >= 4 is 48.0 Å². The maximum Gasteiger partial charge on any atom is 0.106 e. The molecule has 28 heavy (non-hydrogen) atoms. The first kappa shape index (κ1) is 19.5. The molecule has 0 aliphatic rings. The Kier molecular flexibility index (Phi) is 5.52. The van der Waals surface area contributed by atoms with E-state index in [1.54, 1.807) is 0 Å². The molecule has 0 aliphatic carbocycles. The van der Waals surface area contributed by atoms with Crippen LogP contribution in [0.15, 0.2) is 72.8 Å². The molecule has 1 N–H and O–H groups in total. The van der Waals surface area contributed by atoms with Gasteiger partial charge in [-0.3, -0.25) is 0 Å². The lowest BCUT2D eigenvalue weighted by Gasteiger charge is -2.25. The van der Waals surface area contributed by atoms with E-state index < -0.39 is 6.10 Å². The molecule has 0 fully saturated rings. The van der Waals surface area contributed by atoms with E-state index in [4.69, 9.17) is 0 Å². The molecule has 0 saturated carbocycles. The van der Waals surface area contributed by atoms with Gasteiger partial charge < -0.3 is 5.11 Å². The van der Waals surface area contributed by atoms with Crippen LogP contribution < -0.4 is 10.6 Å². The summed E-state index contributed by atoms with van der Waals surface area (Å²) in [5.74, 6) is 0. The Bertz CT molecular complexity index is 1060. The van der Waals surface area contributed by atoms with Crippen LogP contribution >= 0.6 is 15.8 Å². The molecule has 3 heteroatoms. The van der Waals surface area contributed by atoms with Crippen molar-refractivity contribution in [3.8, 4) is 0 Å². The summed E-state index contributed by atoms with van der Waals surface area (Å²) >= 11 is 0. The molecular formula is C25H26OP2. The minimum Gasteiger partial charge on any atom is -0.384 e. The van der Waals surface area contributed by atoms with E-state index in [1.165, 1.54) is 32.2 Å². The molecule has 0 atom stereocenters. The van der Waals surface area contributed by atoms with Crippen LogP contribution in [0.1, 0.15) is 17.2 Å². The Balaban J connectivity index is 2.07. The maximum absolute atomic E-state index is 11.9. The molecule has 142 valence electrons. The van der Waals surface area contributed by atoms with Gasteiger partial charge in [-0.1, -0.05) is 88.6 Å². The van der Waals surface area contributed by atoms with Gasteiger partial charge in [0, 0.05) is 11.1 Å². The summed E-state index contributed by atoms with van der Waals surface area (Å²) in [6.07, 6.45) is -0.628. The fourth-order valence-electron chi connectivity index (χ4n) is 4.07. The predicted molar refractivity (Wildman–Crippen MR) is 129 cm³/mol. The lowest BCUT2D eigenvalue weighted by Crippen LogP contribution is -2.20. The molecule has 0 heterocycles. The first-order chi connectivity index (χ1) is 13.5. The van der Waals surface area contributed by atoms with Crippen molar-refractivity contribution in [2.75, 3.05) is 26.7 Å².